The van der Waals surface area contributed by atoms with Crippen LogP contribution in [0.5, 0.6) is 0 Å². The minimum atomic E-state index is -4.38. The maximum absolute atomic E-state index is 12.6. The Morgan fingerprint density at radius 1 is 0.545 bits per heavy atom. The zero-order valence-corrected chi connectivity index (χ0v) is 36.3. The quantitative estimate of drug-likeness (QED) is 0.0268. The first-order valence-electron chi connectivity index (χ1n) is 22.5. The first kappa shape index (κ1) is 53.2. The van der Waals surface area contributed by atoms with Gasteiger partial charge in [0.25, 0.3) is 0 Å². The lowest BCUT2D eigenvalue weighted by Crippen LogP contribution is -2.29. The number of phosphoric ester groups is 1. The third-order valence-electron chi connectivity index (χ3n) is 9.50. The monoisotopic (exact) mass is 798 g/mol. The van der Waals surface area contributed by atoms with Crippen LogP contribution in [0.2, 0.25) is 0 Å². The van der Waals surface area contributed by atoms with E-state index in [1.54, 1.807) is 0 Å². The normalized spacial score (nSPS) is 13.6. The first-order valence-corrected chi connectivity index (χ1v) is 24.0. The Balaban J connectivity index is 4.13. The Morgan fingerprint density at radius 2 is 0.945 bits per heavy atom. The standard InChI is InChI=1S/C45H84NO8P/c1-3-5-7-9-11-13-15-17-19-20-21-22-24-25-27-29-31-33-35-37-44(47)51-41-43(42-53-55(49,50)52-40-39-46)54-45(48)38-36-34-32-30-28-26-23-18-16-14-12-10-8-6-4-2/h11,13,17-19,23,43H,3-10,12,14-16,20-22,24-42,46H2,1-2H3,(H,49,50)/t43-/m1/s1. The number of rotatable bonds is 42. The molecule has 0 rings (SSSR count). The van der Waals surface area contributed by atoms with Gasteiger partial charge in [0.15, 0.2) is 6.10 Å². The predicted molar refractivity (Wildman–Crippen MR) is 229 cm³/mol. The van der Waals surface area contributed by atoms with Gasteiger partial charge in [-0.15, -0.1) is 0 Å². The molecule has 55 heavy (non-hydrogen) atoms. The molecule has 0 aromatic carbocycles. The van der Waals surface area contributed by atoms with E-state index in [9.17, 15) is 19.0 Å². The highest BCUT2D eigenvalue weighted by Gasteiger charge is 2.26. The largest absolute Gasteiger partial charge is 0.472 e. The number of unbranched alkanes of at least 4 members (excludes halogenated alkanes) is 23. The summed E-state index contributed by atoms with van der Waals surface area (Å²) in [7, 11) is -4.38. The molecule has 0 aliphatic rings. The predicted octanol–water partition coefficient (Wildman–Crippen LogP) is 12.9. The van der Waals surface area contributed by atoms with Crippen LogP contribution >= 0.6 is 7.82 Å². The van der Waals surface area contributed by atoms with Gasteiger partial charge in [-0.3, -0.25) is 18.6 Å². The summed E-state index contributed by atoms with van der Waals surface area (Å²) in [4.78, 5) is 34.9. The van der Waals surface area contributed by atoms with Gasteiger partial charge in [0.05, 0.1) is 13.2 Å². The van der Waals surface area contributed by atoms with Crippen molar-refractivity contribution in [2.45, 2.75) is 213 Å². The number of carbonyl (C=O) groups is 2. The van der Waals surface area contributed by atoms with Crippen LogP contribution in [0.25, 0.3) is 0 Å². The SMILES string of the molecule is CCCCCC=CCC=CCCCCCCCCCCCC(=O)OC[C@H](COP(=O)(O)OCCN)OC(=O)CCCCCCCC=CCCCCCCCC. The van der Waals surface area contributed by atoms with Gasteiger partial charge in [0, 0.05) is 19.4 Å². The van der Waals surface area contributed by atoms with E-state index in [1.807, 2.05) is 0 Å². The molecule has 0 spiro atoms. The molecule has 2 atom stereocenters. The molecule has 0 fully saturated rings. The number of hydrogen-bond acceptors (Lipinski definition) is 8. The van der Waals surface area contributed by atoms with Gasteiger partial charge in [-0.05, 0) is 70.6 Å². The fourth-order valence-corrected chi connectivity index (χ4v) is 6.89. The van der Waals surface area contributed by atoms with Crippen LogP contribution in [0.4, 0.5) is 0 Å². The van der Waals surface area contributed by atoms with Crippen molar-refractivity contribution in [1.82, 2.24) is 0 Å². The lowest BCUT2D eigenvalue weighted by molar-refractivity contribution is -0.161. The number of esters is 2. The third kappa shape index (κ3) is 41.7. The summed E-state index contributed by atoms with van der Waals surface area (Å²) >= 11 is 0. The fourth-order valence-electron chi connectivity index (χ4n) is 6.13. The van der Waals surface area contributed by atoms with Crippen LogP contribution in [0.1, 0.15) is 206 Å². The molecule has 0 heterocycles. The molecule has 3 N–H and O–H groups in total. The average molecular weight is 798 g/mol. The van der Waals surface area contributed by atoms with E-state index >= 15 is 0 Å². The summed E-state index contributed by atoms with van der Waals surface area (Å²) in [5.41, 5.74) is 5.35. The van der Waals surface area contributed by atoms with Gasteiger partial charge < -0.3 is 20.1 Å². The Bertz CT molecular complexity index is 1000. The number of nitrogens with two attached hydrogens (primary N) is 1. The molecule has 0 saturated heterocycles. The van der Waals surface area contributed by atoms with Crippen LogP contribution in [-0.2, 0) is 32.7 Å². The molecule has 1 unspecified atom stereocenters. The van der Waals surface area contributed by atoms with E-state index < -0.39 is 26.5 Å². The number of allylic oxidation sites excluding steroid dienone is 6. The van der Waals surface area contributed by atoms with Gasteiger partial charge in [0.1, 0.15) is 6.61 Å². The molecular formula is C45H84NO8P. The van der Waals surface area contributed by atoms with Gasteiger partial charge in [-0.1, -0.05) is 159 Å². The van der Waals surface area contributed by atoms with Gasteiger partial charge in [0.2, 0.25) is 0 Å². The van der Waals surface area contributed by atoms with Crippen LogP contribution < -0.4 is 5.73 Å². The Labute approximate surface area is 337 Å². The lowest BCUT2D eigenvalue weighted by Gasteiger charge is -2.19. The number of ether oxygens (including phenoxy) is 2. The molecular weight excluding hydrogens is 713 g/mol. The summed E-state index contributed by atoms with van der Waals surface area (Å²) in [5, 5.41) is 0. The highest BCUT2D eigenvalue weighted by atomic mass is 31.2. The van der Waals surface area contributed by atoms with Gasteiger partial charge >= 0.3 is 19.8 Å². The molecule has 0 saturated carbocycles. The van der Waals surface area contributed by atoms with Crippen molar-refractivity contribution in [1.29, 1.82) is 0 Å². The molecule has 0 aromatic rings. The van der Waals surface area contributed by atoms with E-state index in [2.05, 4.69) is 50.3 Å². The van der Waals surface area contributed by atoms with E-state index in [1.165, 1.54) is 116 Å². The van der Waals surface area contributed by atoms with E-state index in [0.717, 1.165) is 57.8 Å². The summed E-state index contributed by atoms with van der Waals surface area (Å²) in [5.74, 6) is -0.840. The Kier molecular flexibility index (Phi) is 40.5. The zero-order valence-electron chi connectivity index (χ0n) is 35.4. The molecule has 0 bridgehead atoms. The first-order chi connectivity index (χ1) is 26.8. The second-order valence-electron chi connectivity index (χ2n) is 14.9. The highest BCUT2D eigenvalue weighted by Crippen LogP contribution is 2.43. The van der Waals surface area contributed by atoms with Crippen molar-refractivity contribution in [3.63, 3.8) is 0 Å². The van der Waals surface area contributed by atoms with Gasteiger partial charge in [-0.25, -0.2) is 4.57 Å². The smallest absolute Gasteiger partial charge is 0.462 e. The molecule has 0 aliphatic carbocycles. The minimum absolute atomic E-state index is 0.0514. The van der Waals surface area contributed by atoms with Crippen molar-refractivity contribution in [3.05, 3.63) is 36.5 Å². The highest BCUT2D eigenvalue weighted by molar-refractivity contribution is 7.47. The molecule has 0 aromatic heterocycles. The molecule has 0 aliphatic heterocycles. The Morgan fingerprint density at radius 3 is 1.44 bits per heavy atom. The van der Waals surface area contributed by atoms with E-state index in [4.69, 9.17) is 24.3 Å². The van der Waals surface area contributed by atoms with Crippen molar-refractivity contribution >= 4 is 19.8 Å². The second-order valence-corrected chi connectivity index (χ2v) is 16.4. The maximum Gasteiger partial charge on any atom is 0.472 e. The third-order valence-corrected chi connectivity index (χ3v) is 10.5. The molecule has 0 amide bonds. The summed E-state index contributed by atoms with van der Waals surface area (Å²) < 4.78 is 32.8. The zero-order chi connectivity index (χ0) is 40.3. The number of hydrogen-bond donors (Lipinski definition) is 2. The maximum atomic E-state index is 12.6. The van der Waals surface area contributed by atoms with Crippen LogP contribution in [-0.4, -0.2) is 49.3 Å². The summed E-state index contributed by atoms with van der Waals surface area (Å²) in [6.07, 6.45) is 46.0. The van der Waals surface area contributed by atoms with Crippen molar-refractivity contribution < 1.29 is 37.6 Å². The van der Waals surface area contributed by atoms with Crippen LogP contribution in [0.15, 0.2) is 36.5 Å². The molecule has 322 valence electrons. The van der Waals surface area contributed by atoms with E-state index in [0.29, 0.717) is 6.42 Å². The molecule has 9 nitrogen and oxygen atoms in total. The second kappa shape index (κ2) is 41.9. The summed E-state index contributed by atoms with van der Waals surface area (Å²) in [6.45, 7) is 3.70. The molecule has 10 heteroatoms. The fraction of sp³-hybridized carbons (Fsp3) is 0.822. The number of carbonyl (C=O) groups excluding carboxylic acids is 2. The topological polar surface area (TPSA) is 134 Å². The number of phosphoric acid groups is 1. The minimum Gasteiger partial charge on any atom is -0.462 e. The van der Waals surface area contributed by atoms with Crippen molar-refractivity contribution in [2.24, 2.45) is 5.73 Å². The van der Waals surface area contributed by atoms with Crippen molar-refractivity contribution in [3.8, 4) is 0 Å². The van der Waals surface area contributed by atoms with Gasteiger partial charge in [-0.2, -0.15) is 0 Å². The Hall–Kier alpha value is -1.77. The summed E-state index contributed by atoms with van der Waals surface area (Å²) in [6, 6.07) is 0. The lowest BCUT2D eigenvalue weighted by atomic mass is 10.1. The van der Waals surface area contributed by atoms with E-state index in [-0.39, 0.29) is 38.6 Å². The van der Waals surface area contributed by atoms with Crippen LogP contribution in [0.3, 0.4) is 0 Å². The van der Waals surface area contributed by atoms with Crippen LogP contribution in [0, 0.1) is 0 Å². The molecule has 0 radical (unpaired) electrons. The average Bonchev–Trinajstić information content (AvgIpc) is 3.17. The van der Waals surface area contributed by atoms with Crippen molar-refractivity contribution in [2.75, 3.05) is 26.4 Å².